The Kier molecular flexibility index (Phi) is 6.56. The standard InChI is InChI=1S/C21H23F2N9O3S2/c1-29(13-33)31-6-2-5-30(7-8-31)16-9-14(37(34,35)28-21(12-24)3-4-21)10-17-15(16)11-25-32(17)20-27-26-19(36-20)18(22)23/h9-11,13,18,28H,2-8H2,1H3. The van der Waals surface area contributed by atoms with Gasteiger partial charge in [0.15, 0.2) is 5.01 Å². The largest absolute Gasteiger partial charge is 0.369 e. The Hall–Kier alpha value is -3.26. The summed E-state index contributed by atoms with van der Waals surface area (Å²) in [4.78, 5) is 13.2. The van der Waals surface area contributed by atoms with E-state index < -0.39 is 27.0 Å². The number of carbonyl (C=O) groups is 1. The van der Waals surface area contributed by atoms with Gasteiger partial charge in [-0.05, 0) is 31.4 Å². The van der Waals surface area contributed by atoms with E-state index in [1.807, 2.05) is 16.0 Å². The van der Waals surface area contributed by atoms with Gasteiger partial charge in [-0.1, -0.05) is 11.3 Å². The molecule has 2 aliphatic rings. The Morgan fingerprint density at radius 2 is 2.03 bits per heavy atom. The Morgan fingerprint density at radius 1 is 1.24 bits per heavy atom. The number of alkyl halides is 2. The first-order chi connectivity index (χ1) is 17.7. The maximum atomic E-state index is 13.3. The number of nitriles is 1. The van der Waals surface area contributed by atoms with Gasteiger partial charge in [-0.3, -0.25) is 9.80 Å². The predicted molar refractivity (Wildman–Crippen MR) is 130 cm³/mol. The van der Waals surface area contributed by atoms with E-state index in [0.717, 1.165) is 6.41 Å². The number of hydrogen-bond acceptors (Lipinski definition) is 10. The highest BCUT2D eigenvalue weighted by Crippen LogP contribution is 2.38. The molecule has 0 radical (unpaired) electrons. The van der Waals surface area contributed by atoms with Crippen LogP contribution in [0.3, 0.4) is 0 Å². The fraction of sp³-hybridized carbons (Fsp3) is 0.476. The van der Waals surface area contributed by atoms with Crippen molar-refractivity contribution in [3.63, 3.8) is 0 Å². The molecule has 1 N–H and O–H groups in total. The number of nitrogens with one attached hydrogen (secondary N) is 1. The van der Waals surface area contributed by atoms with Gasteiger partial charge in [-0.15, -0.1) is 10.2 Å². The first-order valence-electron chi connectivity index (χ1n) is 11.4. The molecule has 3 heterocycles. The maximum absolute atomic E-state index is 13.3. The van der Waals surface area contributed by atoms with E-state index in [4.69, 9.17) is 0 Å². The minimum Gasteiger partial charge on any atom is -0.369 e. The molecule has 16 heteroatoms. The minimum absolute atomic E-state index is 0.0732. The van der Waals surface area contributed by atoms with Gasteiger partial charge in [0.1, 0.15) is 5.54 Å². The van der Waals surface area contributed by atoms with Crippen LogP contribution in [0.25, 0.3) is 16.0 Å². The molecule has 3 aromatic rings. The Morgan fingerprint density at radius 3 is 2.68 bits per heavy atom. The lowest BCUT2D eigenvalue weighted by molar-refractivity contribution is -0.130. The Labute approximate surface area is 215 Å². The third kappa shape index (κ3) is 4.87. The lowest BCUT2D eigenvalue weighted by Gasteiger charge is -2.28. The molecule has 37 heavy (non-hydrogen) atoms. The molecular formula is C21H23F2N9O3S2. The Bertz CT molecular complexity index is 1480. The van der Waals surface area contributed by atoms with Crippen molar-refractivity contribution >= 4 is 44.4 Å². The van der Waals surface area contributed by atoms with Crippen LogP contribution in [-0.4, -0.2) is 83.6 Å². The topological polar surface area (TPSA) is 140 Å². The summed E-state index contributed by atoms with van der Waals surface area (Å²) in [6, 6.07) is 4.96. The third-order valence-electron chi connectivity index (χ3n) is 6.45. The van der Waals surface area contributed by atoms with Crippen LogP contribution < -0.4 is 9.62 Å². The molecule has 1 aliphatic heterocycles. The van der Waals surface area contributed by atoms with Crippen molar-refractivity contribution in [2.24, 2.45) is 0 Å². The molecule has 0 spiro atoms. The van der Waals surface area contributed by atoms with Gasteiger partial charge in [0, 0.05) is 44.3 Å². The number of nitrogens with zero attached hydrogens (tertiary/aromatic N) is 8. The summed E-state index contributed by atoms with van der Waals surface area (Å²) in [7, 11) is -2.43. The van der Waals surface area contributed by atoms with Crippen LogP contribution in [0.2, 0.25) is 0 Å². The molecule has 5 rings (SSSR count). The van der Waals surface area contributed by atoms with Gasteiger partial charge >= 0.3 is 0 Å². The van der Waals surface area contributed by atoms with Crippen molar-refractivity contribution in [2.75, 3.05) is 38.1 Å². The molecule has 0 bridgehead atoms. The first-order valence-corrected chi connectivity index (χ1v) is 13.7. The number of fused-ring (bicyclic) bond motifs is 1. The summed E-state index contributed by atoms with van der Waals surface area (Å²) in [6.45, 7) is 2.23. The molecule has 1 saturated carbocycles. The van der Waals surface area contributed by atoms with E-state index >= 15 is 0 Å². The second-order valence-electron chi connectivity index (χ2n) is 8.93. The number of benzene rings is 1. The second kappa shape index (κ2) is 9.56. The summed E-state index contributed by atoms with van der Waals surface area (Å²) in [6.07, 6.45) is 1.01. The van der Waals surface area contributed by atoms with Crippen LogP contribution in [0.5, 0.6) is 0 Å². The molecule has 2 aromatic heterocycles. The maximum Gasteiger partial charge on any atom is 0.291 e. The SMILES string of the molecule is CN(C=O)N1CCCN(c2cc(S(=O)(=O)NC3(C#N)CC3)cc3c2cnn3-c2nnc(C(F)F)s2)CC1. The highest BCUT2D eigenvalue weighted by molar-refractivity contribution is 7.89. The number of aromatic nitrogens is 4. The summed E-state index contributed by atoms with van der Waals surface area (Å²) in [5.74, 6) is 0. The van der Waals surface area contributed by atoms with Crippen LogP contribution in [0.15, 0.2) is 23.2 Å². The van der Waals surface area contributed by atoms with Gasteiger partial charge < -0.3 is 4.90 Å². The second-order valence-corrected chi connectivity index (χ2v) is 11.6. The fourth-order valence-corrected chi connectivity index (χ4v) is 6.34. The van der Waals surface area contributed by atoms with Crippen LogP contribution in [-0.2, 0) is 14.8 Å². The average molecular weight is 552 g/mol. The van der Waals surface area contributed by atoms with E-state index in [1.54, 1.807) is 7.05 Å². The van der Waals surface area contributed by atoms with Gasteiger partial charge in [0.05, 0.1) is 22.7 Å². The summed E-state index contributed by atoms with van der Waals surface area (Å²) in [5, 5.41) is 24.7. The molecule has 2 fully saturated rings. The van der Waals surface area contributed by atoms with Crippen LogP contribution in [0.4, 0.5) is 14.5 Å². The van der Waals surface area contributed by atoms with Crippen LogP contribution in [0.1, 0.15) is 30.7 Å². The van der Waals surface area contributed by atoms with Crippen molar-refractivity contribution in [3.05, 3.63) is 23.3 Å². The number of rotatable bonds is 8. The molecule has 1 aromatic carbocycles. The number of carbonyl (C=O) groups excluding carboxylic acids is 1. The van der Waals surface area contributed by atoms with E-state index in [0.29, 0.717) is 73.4 Å². The molecule has 196 valence electrons. The number of anilines is 1. The third-order valence-corrected chi connectivity index (χ3v) is 8.88. The average Bonchev–Trinajstić information content (AvgIpc) is 3.33. The summed E-state index contributed by atoms with van der Waals surface area (Å²) < 4.78 is 56.8. The highest BCUT2D eigenvalue weighted by atomic mass is 32.2. The van der Waals surface area contributed by atoms with Crippen molar-refractivity contribution in [1.82, 2.24) is 34.7 Å². The summed E-state index contributed by atoms with van der Waals surface area (Å²) in [5.41, 5.74) is -0.190. The lowest BCUT2D eigenvalue weighted by atomic mass is 10.2. The van der Waals surface area contributed by atoms with Crippen LogP contribution >= 0.6 is 11.3 Å². The number of halogens is 2. The van der Waals surface area contributed by atoms with E-state index in [-0.39, 0.29) is 10.0 Å². The van der Waals surface area contributed by atoms with Crippen LogP contribution in [0, 0.1) is 11.3 Å². The lowest BCUT2D eigenvalue weighted by Crippen LogP contribution is -2.41. The smallest absolute Gasteiger partial charge is 0.291 e. The van der Waals surface area contributed by atoms with Gasteiger partial charge in [0.25, 0.3) is 6.43 Å². The quantitative estimate of drug-likeness (QED) is 0.414. The van der Waals surface area contributed by atoms with Gasteiger partial charge in [0.2, 0.25) is 21.6 Å². The molecule has 1 aliphatic carbocycles. The van der Waals surface area contributed by atoms with Crippen molar-refractivity contribution < 1.29 is 22.0 Å². The fourth-order valence-electron chi connectivity index (χ4n) is 4.26. The number of hydrogen-bond donors (Lipinski definition) is 1. The first kappa shape index (κ1) is 25.4. The molecular weight excluding hydrogens is 528 g/mol. The van der Waals surface area contributed by atoms with Gasteiger partial charge in [-0.2, -0.15) is 15.1 Å². The van der Waals surface area contributed by atoms with Gasteiger partial charge in [-0.25, -0.2) is 26.9 Å². The van der Waals surface area contributed by atoms with Crippen molar-refractivity contribution in [2.45, 2.75) is 36.1 Å². The zero-order valence-electron chi connectivity index (χ0n) is 19.7. The normalized spacial score (nSPS) is 18.1. The number of amides is 1. The molecule has 1 amide bonds. The van der Waals surface area contributed by atoms with Crippen molar-refractivity contribution in [1.29, 1.82) is 5.26 Å². The molecule has 0 unspecified atom stereocenters. The highest BCUT2D eigenvalue weighted by Gasteiger charge is 2.47. The molecule has 0 atom stereocenters. The number of sulfonamides is 1. The summed E-state index contributed by atoms with van der Waals surface area (Å²) >= 11 is 0.663. The Balaban J connectivity index is 1.60. The molecule has 12 nitrogen and oxygen atoms in total. The monoisotopic (exact) mass is 551 g/mol. The van der Waals surface area contributed by atoms with Crippen molar-refractivity contribution in [3.8, 4) is 11.2 Å². The molecule has 1 saturated heterocycles. The van der Waals surface area contributed by atoms with E-state index in [2.05, 4.69) is 20.0 Å². The van der Waals surface area contributed by atoms with E-state index in [1.165, 1.54) is 28.0 Å². The predicted octanol–water partition coefficient (Wildman–Crippen LogP) is 1.66. The zero-order chi connectivity index (χ0) is 26.4. The zero-order valence-corrected chi connectivity index (χ0v) is 21.3. The minimum atomic E-state index is -4.10. The van der Waals surface area contributed by atoms with E-state index in [9.17, 15) is 27.3 Å². The number of hydrazine groups is 1.